The quantitative estimate of drug-likeness (QED) is 0.533. The van der Waals surface area contributed by atoms with Crippen molar-refractivity contribution in [3.63, 3.8) is 0 Å². The average molecular weight is 430 g/mol. The lowest BCUT2D eigenvalue weighted by Gasteiger charge is -2.39. The molecule has 1 amide bonds. The van der Waals surface area contributed by atoms with E-state index in [1.807, 2.05) is 30.1 Å². The van der Waals surface area contributed by atoms with Crippen LogP contribution >= 0.6 is 0 Å². The van der Waals surface area contributed by atoms with Gasteiger partial charge in [0.25, 0.3) is 0 Å². The van der Waals surface area contributed by atoms with E-state index in [2.05, 4.69) is 46.9 Å². The van der Waals surface area contributed by atoms with Crippen LogP contribution in [-0.2, 0) is 11.3 Å². The first kappa shape index (κ1) is 23.4. The highest BCUT2D eigenvalue weighted by atomic mass is 16.5. The van der Waals surface area contributed by atoms with Crippen LogP contribution in [0.1, 0.15) is 39.2 Å². The van der Waals surface area contributed by atoms with Crippen molar-refractivity contribution < 1.29 is 9.53 Å². The van der Waals surface area contributed by atoms with Crippen LogP contribution in [-0.4, -0.2) is 85.5 Å². The molecule has 7 nitrogen and oxygen atoms in total. The first-order valence-corrected chi connectivity index (χ1v) is 11.7. The third kappa shape index (κ3) is 6.35. The van der Waals surface area contributed by atoms with E-state index in [1.54, 1.807) is 0 Å². The van der Waals surface area contributed by atoms with E-state index in [1.165, 1.54) is 0 Å². The summed E-state index contributed by atoms with van der Waals surface area (Å²) < 4.78 is 5.98. The van der Waals surface area contributed by atoms with Gasteiger partial charge in [0.05, 0.1) is 12.6 Å². The molecule has 0 saturated carbocycles. The molecule has 1 aromatic carbocycles. The molecule has 2 aliphatic heterocycles. The third-order valence-electron chi connectivity index (χ3n) is 6.13. The number of amides is 1. The molecular weight excluding hydrogens is 390 g/mol. The number of piperazine rings is 1. The van der Waals surface area contributed by atoms with Crippen LogP contribution in [0.3, 0.4) is 0 Å². The summed E-state index contributed by atoms with van der Waals surface area (Å²) in [6.07, 6.45) is 2.28. The van der Waals surface area contributed by atoms with Crippen LogP contribution in [0.4, 0.5) is 0 Å². The molecular formula is C24H39N5O2. The number of carbonyl (C=O) groups excluding carboxylic acids is 1. The number of likely N-dealkylation sites (tertiary alicyclic amines) is 1. The SMILES string of the molecule is CN=C(NCc1ccccc1OCC(C)C)N1CCN(C(C)C(=O)N2CCCC2)CC1. The number of ether oxygens (including phenoxy) is 1. The van der Waals surface area contributed by atoms with E-state index in [0.29, 0.717) is 19.1 Å². The van der Waals surface area contributed by atoms with E-state index in [-0.39, 0.29) is 11.9 Å². The first-order valence-electron chi connectivity index (χ1n) is 11.7. The van der Waals surface area contributed by atoms with Crippen LogP contribution in [0.2, 0.25) is 0 Å². The Morgan fingerprint density at radius 2 is 1.71 bits per heavy atom. The first-order chi connectivity index (χ1) is 15.0. The zero-order valence-corrected chi connectivity index (χ0v) is 19.6. The van der Waals surface area contributed by atoms with Crippen LogP contribution in [0, 0.1) is 5.92 Å². The van der Waals surface area contributed by atoms with Crippen LogP contribution in [0.15, 0.2) is 29.3 Å². The molecule has 0 radical (unpaired) electrons. The fraction of sp³-hybridized carbons (Fsp3) is 0.667. The zero-order valence-electron chi connectivity index (χ0n) is 19.6. The predicted octanol–water partition coefficient (Wildman–Crippen LogP) is 2.43. The van der Waals surface area contributed by atoms with Gasteiger partial charge in [-0.3, -0.25) is 14.7 Å². The molecule has 1 aromatic rings. The number of nitrogens with zero attached hydrogens (tertiary/aromatic N) is 4. The molecule has 2 saturated heterocycles. The van der Waals surface area contributed by atoms with Crippen LogP contribution in [0.25, 0.3) is 0 Å². The Balaban J connectivity index is 1.50. The van der Waals surface area contributed by atoms with E-state index in [0.717, 1.165) is 69.4 Å². The highest BCUT2D eigenvalue weighted by molar-refractivity contribution is 5.82. The lowest BCUT2D eigenvalue weighted by molar-refractivity contribution is -0.135. The number of para-hydroxylation sites is 1. The van der Waals surface area contributed by atoms with Gasteiger partial charge in [0.1, 0.15) is 5.75 Å². The summed E-state index contributed by atoms with van der Waals surface area (Å²) in [5.74, 6) is 2.60. The summed E-state index contributed by atoms with van der Waals surface area (Å²) in [4.78, 5) is 23.8. The Labute approximate surface area is 187 Å². The standard InChI is InChI=1S/C24H39N5O2/c1-19(2)18-31-22-10-6-5-9-21(22)17-26-24(25-4)29-15-13-27(14-16-29)20(3)23(30)28-11-7-8-12-28/h5-6,9-10,19-20H,7-8,11-18H2,1-4H3,(H,25,26). The smallest absolute Gasteiger partial charge is 0.239 e. The van der Waals surface area contributed by atoms with Crippen molar-refractivity contribution in [2.45, 2.75) is 46.2 Å². The lowest BCUT2D eigenvalue weighted by atomic mass is 10.2. The molecule has 1 atom stereocenters. The molecule has 3 rings (SSSR count). The predicted molar refractivity (Wildman–Crippen MR) is 125 cm³/mol. The molecule has 0 aliphatic carbocycles. The Morgan fingerprint density at radius 3 is 2.35 bits per heavy atom. The maximum Gasteiger partial charge on any atom is 0.239 e. The van der Waals surface area contributed by atoms with Crippen molar-refractivity contribution in [1.29, 1.82) is 0 Å². The number of benzene rings is 1. The van der Waals surface area contributed by atoms with Gasteiger partial charge in [-0.15, -0.1) is 0 Å². The molecule has 2 fully saturated rings. The van der Waals surface area contributed by atoms with Gasteiger partial charge in [-0.05, 0) is 31.7 Å². The second-order valence-corrected chi connectivity index (χ2v) is 8.94. The van der Waals surface area contributed by atoms with Gasteiger partial charge in [-0.1, -0.05) is 32.0 Å². The maximum absolute atomic E-state index is 12.7. The van der Waals surface area contributed by atoms with Gasteiger partial charge in [-0.2, -0.15) is 0 Å². The number of hydrogen-bond donors (Lipinski definition) is 1. The number of carbonyl (C=O) groups is 1. The largest absolute Gasteiger partial charge is 0.493 e. The van der Waals surface area contributed by atoms with Crippen molar-refractivity contribution in [1.82, 2.24) is 20.0 Å². The number of aliphatic imine (C=N–C) groups is 1. The molecule has 1 unspecified atom stereocenters. The summed E-state index contributed by atoms with van der Waals surface area (Å²) in [6.45, 7) is 13.1. The zero-order chi connectivity index (χ0) is 22.2. The Bertz CT molecular complexity index is 737. The van der Waals surface area contributed by atoms with E-state index in [9.17, 15) is 4.79 Å². The van der Waals surface area contributed by atoms with Crippen molar-refractivity contribution >= 4 is 11.9 Å². The molecule has 2 heterocycles. The fourth-order valence-electron chi connectivity index (χ4n) is 4.23. The van der Waals surface area contributed by atoms with Gasteiger partial charge in [0.15, 0.2) is 5.96 Å². The minimum atomic E-state index is -0.0415. The summed E-state index contributed by atoms with van der Waals surface area (Å²) in [6, 6.07) is 8.14. The monoisotopic (exact) mass is 429 g/mol. The Kier molecular flexibility index (Phi) is 8.58. The highest BCUT2D eigenvalue weighted by Gasteiger charge is 2.30. The molecule has 31 heavy (non-hydrogen) atoms. The van der Waals surface area contributed by atoms with Crippen molar-refractivity contribution in [3.8, 4) is 5.75 Å². The summed E-state index contributed by atoms with van der Waals surface area (Å²) in [5, 5.41) is 3.50. The molecule has 172 valence electrons. The van der Waals surface area contributed by atoms with Gasteiger partial charge in [-0.25, -0.2) is 0 Å². The Morgan fingerprint density at radius 1 is 1.03 bits per heavy atom. The highest BCUT2D eigenvalue weighted by Crippen LogP contribution is 2.19. The number of hydrogen-bond acceptors (Lipinski definition) is 4. The summed E-state index contributed by atoms with van der Waals surface area (Å²) >= 11 is 0. The summed E-state index contributed by atoms with van der Waals surface area (Å²) in [5.41, 5.74) is 1.13. The van der Waals surface area contributed by atoms with Gasteiger partial charge >= 0.3 is 0 Å². The van der Waals surface area contributed by atoms with Gasteiger partial charge < -0.3 is 19.9 Å². The fourth-order valence-corrected chi connectivity index (χ4v) is 4.23. The topological polar surface area (TPSA) is 60.4 Å². The minimum Gasteiger partial charge on any atom is -0.493 e. The van der Waals surface area contributed by atoms with Crippen molar-refractivity contribution in [2.75, 3.05) is 52.9 Å². The molecule has 1 N–H and O–H groups in total. The lowest BCUT2D eigenvalue weighted by Crippen LogP contribution is -2.57. The molecule has 0 spiro atoms. The summed E-state index contributed by atoms with van der Waals surface area (Å²) in [7, 11) is 1.83. The molecule has 0 bridgehead atoms. The van der Waals surface area contributed by atoms with Gasteiger partial charge in [0.2, 0.25) is 5.91 Å². The van der Waals surface area contributed by atoms with Crippen molar-refractivity contribution in [3.05, 3.63) is 29.8 Å². The second kappa shape index (κ2) is 11.4. The average Bonchev–Trinajstić information content (AvgIpc) is 3.33. The van der Waals surface area contributed by atoms with E-state index in [4.69, 9.17) is 4.74 Å². The number of nitrogens with one attached hydrogen (secondary N) is 1. The molecule has 0 aromatic heterocycles. The van der Waals surface area contributed by atoms with E-state index < -0.39 is 0 Å². The number of rotatable bonds is 7. The maximum atomic E-state index is 12.7. The molecule has 7 heteroatoms. The second-order valence-electron chi connectivity index (χ2n) is 8.94. The van der Waals surface area contributed by atoms with E-state index >= 15 is 0 Å². The Hall–Kier alpha value is -2.28. The van der Waals surface area contributed by atoms with Gasteiger partial charge in [0, 0.05) is 58.4 Å². The van der Waals surface area contributed by atoms with Crippen molar-refractivity contribution in [2.24, 2.45) is 10.9 Å². The number of guanidine groups is 1. The third-order valence-corrected chi connectivity index (χ3v) is 6.13. The normalized spacial score (nSPS) is 19.1. The molecule has 2 aliphatic rings. The van der Waals surface area contributed by atoms with Crippen LogP contribution < -0.4 is 10.1 Å². The van der Waals surface area contributed by atoms with Crippen LogP contribution in [0.5, 0.6) is 5.75 Å². The minimum absolute atomic E-state index is 0.0415.